The van der Waals surface area contributed by atoms with Crippen molar-refractivity contribution in [1.29, 1.82) is 0 Å². The molecule has 2 fully saturated rings. The van der Waals surface area contributed by atoms with Crippen LogP contribution in [0.5, 0.6) is 0 Å². The topological polar surface area (TPSA) is 71.5 Å². The molecule has 2 aliphatic heterocycles. The first-order valence-corrected chi connectivity index (χ1v) is 8.71. The predicted octanol–water partition coefficient (Wildman–Crippen LogP) is 0.917. The van der Waals surface area contributed by atoms with Gasteiger partial charge in [0.05, 0.1) is 25.3 Å². The lowest BCUT2D eigenvalue weighted by molar-refractivity contribution is -0.130. The van der Waals surface area contributed by atoms with Crippen LogP contribution >= 0.6 is 0 Å². The van der Waals surface area contributed by atoms with Crippen molar-refractivity contribution in [2.45, 2.75) is 12.5 Å². The van der Waals surface area contributed by atoms with E-state index in [1.54, 1.807) is 24.5 Å². The van der Waals surface area contributed by atoms with Gasteiger partial charge in [0.1, 0.15) is 5.82 Å². The van der Waals surface area contributed by atoms with Crippen LogP contribution in [0.1, 0.15) is 5.69 Å². The second kappa shape index (κ2) is 7.33. The number of carbonyl (C=O) groups is 1. The van der Waals surface area contributed by atoms with Gasteiger partial charge < -0.3 is 14.5 Å². The summed E-state index contributed by atoms with van der Waals surface area (Å²) in [5, 5.41) is 0. The summed E-state index contributed by atoms with van der Waals surface area (Å²) in [6, 6.07) is 4.66. The van der Waals surface area contributed by atoms with E-state index in [-0.39, 0.29) is 24.3 Å². The number of halogens is 1. The highest BCUT2D eigenvalue weighted by atomic mass is 19.1. The second-order valence-corrected chi connectivity index (χ2v) is 6.61. The summed E-state index contributed by atoms with van der Waals surface area (Å²) in [4.78, 5) is 29.1. The smallest absolute Gasteiger partial charge is 0.228 e. The molecule has 4 heterocycles. The summed E-state index contributed by atoms with van der Waals surface area (Å²) in [5.74, 6) is 0.494. The van der Waals surface area contributed by atoms with E-state index in [2.05, 4.69) is 19.9 Å². The average Bonchev–Trinajstić information content (AvgIpc) is 2.96. The van der Waals surface area contributed by atoms with Crippen LogP contribution in [0.2, 0.25) is 0 Å². The molecule has 0 saturated carbocycles. The fourth-order valence-corrected chi connectivity index (χ4v) is 3.51. The largest absolute Gasteiger partial charge is 0.374 e. The second-order valence-electron chi connectivity index (χ2n) is 6.61. The maximum absolute atomic E-state index is 13.0. The van der Waals surface area contributed by atoms with Crippen LogP contribution in [-0.2, 0) is 16.0 Å². The molecular weight excluding hydrogens is 337 g/mol. The molecule has 0 spiro atoms. The molecule has 1 amide bonds. The maximum atomic E-state index is 13.0. The van der Waals surface area contributed by atoms with Crippen LogP contribution < -0.4 is 4.90 Å². The number of hydrogen-bond acceptors (Lipinski definition) is 6. The Morgan fingerprint density at radius 1 is 1.19 bits per heavy atom. The van der Waals surface area contributed by atoms with Crippen molar-refractivity contribution in [2.24, 2.45) is 5.92 Å². The van der Waals surface area contributed by atoms with Gasteiger partial charge in [-0.25, -0.2) is 14.4 Å². The quantitative estimate of drug-likeness (QED) is 0.813. The van der Waals surface area contributed by atoms with Crippen LogP contribution in [0, 0.1) is 11.7 Å². The summed E-state index contributed by atoms with van der Waals surface area (Å²) < 4.78 is 18.9. The van der Waals surface area contributed by atoms with Crippen molar-refractivity contribution in [1.82, 2.24) is 19.9 Å². The van der Waals surface area contributed by atoms with Gasteiger partial charge in [-0.15, -0.1) is 0 Å². The lowest BCUT2D eigenvalue weighted by atomic mass is 10.1. The molecule has 7 nitrogen and oxygen atoms in total. The third-order valence-electron chi connectivity index (χ3n) is 4.84. The first kappa shape index (κ1) is 16.8. The van der Waals surface area contributed by atoms with Gasteiger partial charge in [-0.05, 0) is 18.2 Å². The zero-order chi connectivity index (χ0) is 17.9. The lowest BCUT2D eigenvalue weighted by Gasteiger charge is -2.23. The molecule has 0 unspecified atom stereocenters. The summed E-state index contributed by atoms with van der Waals surface area (Å²) in [6.07, 6.45) is 4.79. The minimum atomic E-state index is -0.402. The third-order valence-corrected chi connectivity index (χ3v) is 4.84. The van der Waals surface area contributed by atoms with Crippen molar-refractivity contribution in [3.05, 3.63) is 48.3 Å². The van der Waals surface area contributed by atoms with Gasteiger partial charge >= 0.3 is 0 Å². The van der Waals surface area contributed by atoms with Crippen molar-refractivity contribution >= 4 is 11.9 Å². The molecule has 8 heteroatoms. The van der Waals surface area contributed by atoms with E-state index in [1.165, 1.54) is 6.07 Å². The lowest BCUT2D eigenvalue weighted by Crippen LogP contribution is -2.35. The number of ether oxygens (including phenoxy) is 1. The normalized spacial score (nSPS) is 22.8. The van der Waals surface area contributed by atoms with Gasteiger partial charge in [0.25, 0.3) is 0 Å². The fourth-order valence-electron chi connectivity index (χ4n) is 3.51. The molecule has 0 N–H and O–H groups in total. The SMILES string of the molecule is O=C(Cc1ccc(F)cn1)N1C[C@@H]2CN(c3ncccn3)CCO[C@@H]2C1. The van der Waals surface area contributed by atoms with Gasteiger partial charge in [-0.2, -0.15) is 0 Å². The Balaban J connectivity index is 1.40. The Kier molecular flexibility index (Phi) is 4.75. The summed E-state index contributed by atoms with van der Waals surface area (Å²) in [5.41, 5.74) is 0.573. The highest BCUT2D eigenvalue weighted by Gasteiger charge is 2.38. The minimum Gasteiger partial charge on any atom is -0.374 e. The standard InChI is InChI=1S/C18H20FN5O2/c19-14-2-3-15(22-9-14)8-17(25)24-11-13-10-23(6-7-26-16(13)12-24)18-20-4-1-5-21-18/h1-5,9,13,16H,6-8,10-12H2/t13-,16+/m0/s1. The van der Waals surface area contributed by atoms with E-state index in [9.17, 15) is 9.18 Å². The summed E-state index contributed by atoms with van der Waals surface area (Å²) in [6.45, 7) is 3.29. The Morgan fingerprint density at radius 3 is 2.81 bits per heavy atom. The van der Waals surface area contributed by atoms with E-state index in [1.807, 2.05) is 4.90 Å². The Labute approximate surface area is 150 Å². The number of fused-ring (bicyclic) bond motifs is 1. The monoisotopic (exact) mass is 357 g/mol. The third kappa shape index (κ3) is 3.65. The molecule has 4 rings (SSSR count). The van der Waals surface area contributed by atoms with Crippen LogP contribution in [-0.4, -0.2) is 64.6 Å². The van der Waals surface area contributed by atoms with Crippen molar-refractivity contribution < 1.29 is 13.9 Å². The zero-order valence-corrected chi connectivity index (χ0v) is 14.3. The molecule has 26 heavy (non-hydrogen) atoms. The molecule has 2 atom stereocenters. The van der Waals surface area contributed by atoms with E-state index in [4.69, 9.17) is 4.74 Å². The van der Waals surface area contributed by atoms with Crippen LogP contribution in [0.3, 0.4) is 0 Å². The number of nitrogens with zero attached hydrogens (tertiary/aromatic N) is 5. The molecule has 2 aromatic rings. The van der Waals surface area contributed by atoms with Gasteiger partial charge in [-0.1, -0.05) is 0 Å². The van der Waals surface area contributed by atoms with E-state index in [0.29, 0.717) is 31.3 Å². The fraction of sp³-hybridized carbons (Fsp3) is 0.444. The number of carbonyl (C=O) groups excluding carboxylic acids is 1. The number of likely N-dealkylation sites (tertiary alicyclic amines) is 1. The van der Waals surface area contributed by atoms with E-state index >= 15 is 0 Å². The molecule has 136 valence electrons. The predicted molar refractivity (Wildman–Crippen MR) is 92.0 cm³/mol. The first-order chi connectivity index (χ1) is 12.7. The van der Waals surface area contributed by atoms with Gasteiger partial charge in [0.2, 0.25) is 11.9 Å². The van der Waals surface area contributed by atoms with Gasteiger partial charge in [-0.3, -0.25) is 9.78 Å². The number of pyridine rings is 1. The number of aromatic nitrogens is 3. The highest BCUT2D eigenvalue weighted by Crippen LogP contribution is 2.25. The van der Waals surface area contributed by atoms with Crippen LogP contribution in [0.15, 0.2) is 36.8 Å². The minimum absolute atomic E-state index is 0.0108. The molecule has 0 radical (unpaired) electrons. The molecular formula is C18H20FN5O2. The number of rotatable bonds is 3. The number of hydrogen-bond donors (Lipinski definition) is 0. The van der Waals surface area contributed by atoms with Gasteiger partial charge in [0.15, 0.2) is 0 Å². The Morgan fingerprint density at radius 2 is 2.04 bits per heavy atom. The molecule has 2 saturated heterocycles. The average molecular weight is 357 g/mol. The van der Waals surface area contributed by atoms with Crippen LogP contribution in [0.25, 0.3) is 0 Å². The Hall–Kier alpha value is -2.61. The van der Waals surface area contributed by atoms with E-state index in [0.717, 1.165) is 19.3 Å². The molecule has 0 aliphatic carbocycles. The Bertz CT molecular complexity index is 758. The zero-order valence-electron chi connectivity index (χ0n) is 14.3. The number of amides is 1. The van der Waals surface area contributed by atoms with Crippen molar-refractivity contribution in [2.75, 3.05) is 37.7 Å². The molecule has 2 aliphatic rings. The van der Waals surface area contributed by atoms with Crippen molar-refractivity contribution in [3.8, 4) is 0 Å². The maximum Gasteiger partial charge on any atom is 0.228 e. The van der Waals surface area contributed by atoms with Crippen molar-refractivity contribution in [3.63, 3.8) is 0 Å². The molecule has 2 aromatic heterocycles. The first-order valence-electron chi connectivity index (χ1n) is 8.71. The highest BCUT2D eigenvalue weighted by molar-refractivity contribution is 5.78. The van der Waals surface area contributed by atoms with Crippen LogP contribution in [0.4, 0.5) is 10.3 Å². The molecule has 0 bridgehead atoms. The van der Waals surface area contributed by atoms with E-state index < -0.39 is 5.82 Å². The van der Waals surface area contributed by atoms with Gasteiger partial charge in [0, 0.05) is 50.2 Å². The number of anilines is 1. The summed E-state index contributed by atoms with van der Waals surface area (Å²) >= 11 is 0. The molecule has 0 aromatic carbocycles. The summed E-state index contributed by atoms with van der Waals surface area (Å²) in [7, 11) is 0.